The lowest BCUT2D eigenvalue weighted by molar-refractivity contribution is -0.124. The number of hydrogen-bond donors (Lipinski definition) is 4. The van der Waals surface area contributed by atoms with E-state index in [4.69, 9.17) is 0 Å². The molecular formula is C14H28N4O2. The van der Waals surface area contributed by atoms with Crippen molar-refractivity contribution < 1.29 is 9.59 Å². The molecule has 0 aromatic rings. The molecule has 6 heteroatoms. The summed E-state index contributed by atoms with van der Waals surface area (Å²) >= 11 is 0. The number of carbonyl (C=O) groups is 2. The van der Waals surface area contributed by atoms with Gasteiger partial charge in [0, 0.05) is 31.1 Å². The second-order valence-corrected chi connectivity index (χ2v) is 6.84. The van der Waals surface area contributed by atoms with E-state index in [0.29, 0.717) is 12.5 Å². The average molecular weight is 284 g/mol. The molecule has 20 heavy (non-hydrogen) atoms. The smallest absolute Gasteiger partial charge is 0.315 e. The van der Waals surface area contributed by atoms with Gasteiger partial charge in [0.2, 0.25) is 5.91 Å². The molecule has 116 valence electrons. The highest BCUT2D eigenvalue weighted by Crippen LogP contribution is 2.05. The highest BCUT2D eigenvalue weighted by molar-refractivity contribution is 5.87. The third-order valence-corrected chi connectivity index (χ3v) is 3.16. The molecule has 0 bridgehead atoms. The molecule has 0 saturated carbocycles. The normalized spacial score (nSPS) is 17.3. The number of rotatable bonds is 5. The Morgan fingerprint density at radius 2 is 1.85 bits per heavy atom. The molecule has 0 aliphatic carbocycles. The van der Waals surface area contributed by atoms with E-state index in [1.54, 1.807) is 0 Å². The Hall–Kier alpha value is -1.30. The standard InChI is InChI=1S/C14H28N4O2/c1-9(2)11(17-13(20)18-14(3,4)5)12(19)16-8-10-6-15-7-10/h9-11,15H,6-8H2,1-5H3,(H,16,19)(H2,17,18,20)/t11-/m0/s1. The van der Waals surface area contributed by atoms with Gasteiger partial charge in [0.1, 0.15) is 6.04 Å². The van der Waals surface area contributed by atoms with Crippen LogP contribution in [0.1, 0.15) is 34.6 Å². The van der Waals surface area contributed by atoms with Crippen molar-refractivity contribution >= 4 is 11.9 Å². The van der Waals surface area contributed by atoms with Crippen LogP contribution in [0.5, 0.6) is 0 Å². The Bertz CT molecular complexity index is 346. The van der Waals surface area contributed by atoms with E-state index < -0.39 is 6.04 Å². The van der Waals surface area contributed by atoms with Crippen LogP contribution in [0.15, 0.2) is 0 Å². The molecule has 6 nitrogen and oxygen atoms in total. The maximum atomic E-state index is 12.2. The van der Waals surface area contributed by atoms with Crippen molar-refractivity contribution in [3.63, 3.8) is 0 Å². The van der Waals surface area contributed by atoms with Gasteiger partial charge in [0.05, 0.1) is 0 Å². The summed E-state index contributed by atoms with van der Waals surface area (Å²) in [6.45, 7) is 12.1. The van der Waals surface area contributed by atoms with Gasteiger partial charge in [0.25, 0.3) is 0 Å². The molecule has 1 aliphatic rings. The maximum absolute atomic E-state index is 12.2. The molecule has 0 aromatic carbocycles. The van der Waals surface area contributed by atoms with E-state index in [2.05, 4.69) is 21.3 Å². The molecule has 1 rings (SSSR count). The molecular weight excluding hydrogens is 256 g/mol. The van der Waals surface area contributed by atoms with Crippen LogP contribution in [0.2, 0.25) is 0 Å². The second-order valence-electron chi connectivity index (χ2n) is 6.84. The minimum Gasteiger partial charge on any atom is -0.354 e. The number of amides is 3. The Balaban J connectivity index is 2.45. The zero-order valence-electron chi connectivity index (χ0n) is 13.2. The van der Waals surface area contributed by atoms with Crippen molar-refractivity contribution in [1.29, 1.82) is 0 Å². The quantitative estimate of drug-likeness (QED) is 0.591. The summed E-state index contributed by atoms with van der Waals surface area (Å²) in [7, 11) is 0. The molecule has 1 fully saturated rings. The van der Waals surface area contributed by atoms with Crippen LogP contribution < -0.4 is 21.3 Å². The van der Waals surface area contributed by atoms with E-state index in [-0.39, 0.29) is 23.4 Å². The number of urea groups is 1. The first kappa shape index (κ1) is 16.8. The summed E-state index contributed by atoms with van der Waals surface area (Å²) in [4.78, 5) is 24.0. The summed E-state index contributed by atoms with van der Waals surface area (Å²) in [5.74, 6) is 0.436. The Labute approximate surface area is 121 Å². The van der Waals surface area contributed by atoms with Crippen LogP contribution in [0.25, 0.3) is 0 Å². The maximum Gasteiger partial charge on any atom is 0.315 e. The zero-order chi connectivity index (χ0) is 15.3. The third-order valence-electron chi connectivity index (χ3n) is 3.16. The fraction of sp³-hybridized carbons (Fsp3) is 0.857. The van der Waals surface area contributed by atoms with E-state index in [1.807, 2.05) is 34.6 Å². The predicted molar refractivity (Wildman–Crippen MR) is 79.4 cm³/mol. The molecule has 1 heterocycles. The van der Waals surface area contributed by atoms with Crippen molar-refractivity contribution in [2.45, 2.75) is 46.2 Å². The van der Waals surface area contributed by atoms with Gasteiger partial charge in [-0.1, -0.05) is 13.8 Å². The molecule has 4 N–H and O–H groups in total. The van der Waals surface area contributed by atoms with E-state index in [1.165, 1.54) is 0 Å². The first-order valence-electron chi connectivity index (χ1n) is 7.26. The molecule has 0 radical (unpaired) electrons. The summed E-state index contributed by atoms with van der Waals surface area (Å²) in [5, 5.41) is 11.6. The van der Waals surface area contributed by atoms with Crippen LogP contribution in [-0.4, -0.2) is 43.2 Å². The SMILES string of the molecule is CC(C)[C@H](NC(=O)NC(C)(C)C)C(=O)NCC1CNC1. The second kappa shape index (κ2) is 6.92. The van der Waals surface area contributed by atoms with Gasteiger partial charge < -0.3 is 21.3 Å². The lowest BCUT2D eigenvalue weighted by Crippen LogP contribution is -2.57. The van der Waals surface area contributed by atoms with Crippen LogP contribution in [0.4, 0.5) is 4.79 Å². The summed E-state index contributed by atoms with van der Waals surface area (Å²) in [5.41, 5.74) is -0.320. The first-order valence-corrected chi connectivity index (χ1v) is 7.26. The van der Waals surface area contributed by atoms with Crippen molar-refractivity contribution in [2.75, 3.05) is 19.6 Å². The van der Waals surface area contributed by atoms with Crippen LogP contribution in [0.3, 0.4) is 0 Å². The van der Waals surface area contributed by atoms with Gasteiger partial charge in [0.15, 0.2) is 0 Å². The Morgan fingerprint density at radius 1 is 1.25 bits per heavy atom. The zero-order valence-corrected chi connectivity index (χ0v) is 13.2. The molecule has 3 amide bonds. The number of carbonyl (C=O) groups excluding carboxylic acids is 2. The van der Waals surface area contributed by atoms with Crippen molar-refractivity contribution in [3.05, 3.63) is 0 Å². The fourth-order valence-corrected chi connectivity index (χ4v) is 1.90. The van der Waals surface area contributed by atoms with E-state index in [0.717, 1.165) is 13.1 Å². The average Bonchev–Trinajstić information content (AvgIpc) is 2.20. The van der Waals surface area contributed by atoms with Crippen LogP contribution >= 0.6 is 0 Å². The molecule has 1 saturated heterocycles. The van der Waals surface area contributed by atoms with Gasteiger partial charge in [-0.15, -0.1) is 0 Å². The summed E-state index contributed by atoms with van der Waals surface area (Å²) in [6.07, 6.45) is 0. The van der Waals surface area contributed by atoms with Crippen LogP contribution in [0, 0.1) is 11.8 Å². The largest absolute Gasteiger partial charge is 0.354 e. The minimum atomic E-state index is -0.509. The van der Waals surface area contributed by atoms with Crippen molar-refractivity contribution in [1.82, 2.24) is 21.3 Å². The Kier molecular flexibility index (Phi) is 5.80. The topological polar surface area (TPSA) is 82.3 Å². The van der Waals surface area contributed by atoms with Gasteiger partial charge in [-0.3, -0.25) is 4.79 Å². The highest BCUT2D eigenvalue weighted by Gasteiger charge is 2.26. The minimum absolute atomic E-state index is 0.0419. The summed E-state index contributed by atoms with van der Waals surface area (Å²) in [6, 6.07) is -0.818. The van der Waals surface area contributed by atoms with E-state index in [9.17, 15) is 9.59 Å². The van der Waals surface area contributed by atoms with E-state index >= 15 is 0 Å². The number of nitrogens with one attached hydrogen (secondary N) is 4. The molecule has 1 atom stereocenters. The van der Waals surface area contributed by atoms with Crippen LogP contribution in [-0.2, 0) is 4.79 Å². The molecule has 0 spiro atoms. The predicted octanol–water partition coefficient (Wildman–Crippen LogP) is 0.444. The van der Waals surface area contributed by atoms with Crippen molar-refractivity contribution in [2.24, 2.45) is 11.8 Å². The van der Waals surface area contributed by atoms with Gasteiger partial charge in [-0.25, -0.2) is 4.79 Å². The lowest BCUT2D eigenvalue weighted by atomic mass is 10.0. The number of hydrogen-bond acceptors (Lipinski definition) is 3. The molecule has 0 aromatic heterocycles. The Morgan fingerprint density at radius 3 is 2.25 bits per heavy atom. The first-order chi connectivity index (χ1) is 9.19. The van der Waals surface area contributed by atoms with Gasteiger partial charge >= 0.3 is 6.03 Å². The molecule has 1 aliphatic heterocycles. The summed E-state index contributed by atoms with van der Waals surface area (Å²) < 4.78 is 0. The third kappa shape index (κ3) is 5.77. The van der Waals surface area contributed by atoms with Gasteiger partial charge in [-0.05, 0) is 26.7 Å². The lowest BCUT2D eigenvalue weighted by Gasteiger charge is -2.29. The van der Waals surface area contributed by atoms with Gasteiger partial charge in [-0.2, -0.15) is 0 Å². The molecule has 0 unspecified atom stereocenters. The monoisotopic (exact) mass is 284 g/mol. The highest BCUT2D eigenvalue weighted by atomic mass is 16.2. The fourth-order valence-electron chi connectivity index (χ4n) is 1.90. The van der Waals surface area contributed by atoms with Crippen molar-refractivity contribution in [3.8, 4) is 0 Å².